The number of hydrogen-bond acceptors (Lipinski definition) is 6. The Kier molecular flexibility index (Phi) is 3.67. The maximum Gasteiger partial charge on any atom is 0.351 e. The summed E-state index contributed by atoms with van der Waals surface area (Å²) in [5.41, 5.74) is 6.17. The highest BCUT2D eigenvalue weighted by Gasteiger charge is 2.39. The molecule has 1 fully saturated rings. The van der Waals surface area contributed by atoms with Crippen LogP contribution in [0, 0.1) is 0 Å². The van der Waals surface area contributed by atoms with Crippen LogP contribution in [0.5, 0.6) is 0 Å². The second kappa shape index (κ2) is 5.07. The van der Waals surface area contributed by atoms with Crippen molar-refractivity contribution in [3.05, 3.63) is 33.9 Å². The fraction of sp³-hybridized carbons (Fsp3) is 0.400. The number of halogens is 1. The topological polar surface area (TPSA) is 111 Å². The quantitative estimate of drug-likeness (QED) is 0.650. The van der Waals surface area contributed by atoms with Gasteiger partial charge < -0.3 is 20.7 Å². The van der Waals surface area contributed by atoms with Gasteiger partial charge in [-0.05, 0) is 6.07 Å². The number of hydrogen-bond donors (Lipinski definition) is 3. The molecule has 4 N–H and O–H groups in total. The molecular weight excluding hydrogens is 262 g/mol. The van der Waals surface area contributed by atoms with Gasteiger partial charge in [-0.15, -0.1) is 0 Å². The zero-order chi connectivity index (χ0) is 13.3. The van der Waals surface area contributed by atoms with Crippen LogP contribution in [0.1, 0.15) is 6.23 Å². The van der Waals surface area contributed by atoms with Crippen LogP contribution in [0.3, 0.4) is 0 Å². The lowest BCUT2D eigenvalue weighted by molar-refractivity contribution is -0.0447. The van der Waals surface area contributed by atoms with Gasteiger partial charge in [-0.3, -0.25) is 4.57 Å². The Balaban J connectivity index is 2.41. The third-order valence-corrected chi connectivity index (χ3v) is 2.94. The van der Waals surface area contributed by atoms with Crippen molar-refractivity contribution >= 4 is 17.4 Å². The zero-order valence-electron chi connectivity index (χ0n) is 9.23. The molecule has 1 aliphatic heterocycles. The van der Waals surface area contributed by atoms with Crippen LogP contribution in [0.15, 0.2) is 28.2 Å². The van der Waals surface area contributed by atoms with Gasteiger partial charge in [0.2, 0.25) is 0 Å². The predicted molar refractivity (Wildman–Crippen MR) is 63.8 cm³/mol. The molecule has 1 saturated heterocycles. The Morgan fingerprint density at radius 2 is 2.39 bits per heavy atom. The minimum absolute atomic E-state index is 0.0879. The van der Waals surface area contributed by atoms with Crippen molar-refractivity contribution < 1.29 is 14.9 Å². The standard InChI is InChI=1S/C10H12ClN3O4/c11-3-5-8(16)6(4-15)18-9(5)14-2-1-7(12)13-10(14)17/h1-3,6,8-9,15-16H,4H2,(H2,12,13,17)/t6-,8+,9+/m1/s1. The van der Waals surface area contributed by atoms with Crippen molar-refractivity contribution in [1.29, 1.82) is 0 Å². The molecule has 18 heavy (non-hydrogen) atoms. The lowest BCUT2D eigenvalue weighted by Crippen LogP contribution is -2.28. The van der Waals surface area contributed by atoms with E-state index in [0.717, 1.165) is 10.1 Å². The van der Waals surface area contributed by atoms with E-state index in [2.05, 4.69) is 4.98 Å². The van der Waals surface area contributed by atoms with Gasteiger partial charge in [-0.1, -0.05) is 11.6 Å². The third-order valence-electron chi connectivity index (χ3n) is 2.69. The molecule has 0 unspecified atom stereocenters. The summed E-state index contributed by atoms with van der Waals surface area (Å²) in [6.45, 7) is -0.386. The van der Waals surface area contributed by atoms with E-state index < -0.39 is 24.1 Å². The second-order valence-electron chi connectivity index (χ2n) is 3.81. The van der Waals surface area contributed by atoms with Crippen molar-refractivity contribution in [3.8, 4) is 0 Å². The van der Waals surface area contributed by atoms with Gasteiger partial charge in [0.05, 0.1) is 6.61 Å². The smallest absolute Gasteiger partial charge is 0.351 e. The molecule has 0 aliphatic carbocycles. The number of anilines is 1. The summed E-state index contributed by atoms with van der Waals surface area (Å²) >= 11 is 5.61. The molecular formula is C10H12ClN3O4. The van der Waals surface area contributed by atoms with Crippen molar-refractivity contribution in [2.24, 2.45) is 0 Å². The summed E-state index contributed by atoms with van der Waals surface area (Å²) < 4.78 is 6.50. The minimum Gasteiger partial charge on any atom is -0.394 e. The number of aliphatic hydroxyl groups excluding tert-OH is 2. The monoisotopic (exact) mass is 273 g/mol. The SMILES string of the molecule is Nc1ccn([C@H]2O[C@H](CO)[C@@H](O)C2=CCl)c(=O)n1. The van der Waals surface area contributed by atoms with Crippen LogP contribution < -0.4 is 11.4 Å². The second-order valence-corrected chi connectivity index (χ2v) is 4.02. The zero-order valence-corrected chi connectivity index (χ0v) is 9.99. The Labute approximate surface area is 107 Å². The first-order valence-electron chi connectivity index (χ1n) is 5.17. The molecule has 7 nitrogen and oxygen atoms in total. The molecule has 2 rings (SSSR count). The summed E-state index contributed by atoms with van der Waals surface area (Å²) in [7, 11) is 0. The number of nitrogens with two attached hydrogens (primary N) is 1. The first-order valence-corrected chi connectivity index (χ1v) is 5.61. The number of nitrogens with zero attached hydrogens (tertiary/aromatic N) is 2. The maximum atomic E-state index is 11.7. The van der Waals surface area contributed by atoms with Gasteiger partial charge in [-0.25, -0.2) is 4.79 Å². The van der Waals surface area contributed by atoms with Crippen molar-refractivity contribution in [3.63, 3.8) is 0 Å². The van der Waals surface area contributed by atoms with Crippen LogP contribution in [0.25, 0.3) is 0 Å². The molecule has 0 spiro atoms. The molecule has 3 atom stereocenters. The third kappa shape index (κ3) is 2.13. The van der Waals surface area contributed by atoms with E-state index >= 15 is 0 Å². The van der Waals surface area contributed by atoms with Crippen LogP contribution >= 0.6 is 11.6 Å². The molecule has 98 valence electrons. The Bertz CT molecular complexity index is 530. The summed E-state index contributed by atoms with van der Waals surface area (Å²) in [4.78, 5) is 15.2. The Morgan fingerprint density at radius 3 is 2.94 bits per heavy atom. The van der Waals surface area contributed by atoms with Crippen LogP contribution in [0.2, 0.25) is 0 Å². The lowest BCUT2D eigenvalue weighted by Gasteiger charge is -2.14. The molecule has 0 aromatic carbocycles. The molecule has 0 radical (unpaired) electrons. The minimum atomic E-state index is -1.07. The summed E-state index contributed by atoms with van der Waals surface area (Å²) in [6.07, 6.45) is -1.40. The number of ether oxygens (including phenoxy) is 1. The lowest BCUT2D eigenvalue weighted by atomic mass is 10.1. The van der Waals surface area contributed by atoms with E-state index in [0.29, 0.717) is 0 Å². The first kappa shape index (κ1) is 13.0. The molecule has 1 aromatic heterocycles. The van der Waals surface area contributed by atoms with Crippen LogP contribution in [0.4, 0.5) is 5.82 Å². The number of aliphatic hydroxyl groups is 2. The van der Waals surface area contributed by atoms with Crippen LogP contribution in [-0.2, 0) is 4.74 Å². The molecule has 0 amide bonds. The fourth-order valence-corrected chi connectivity index (χ4v) is 2.01. The van der Waals surface area contributed by atoms with E-state index in [1.54, 1.807) is 0 Å². The maximum absolute atomic E-state index is 11.7. The largest absolute Gasteiger partial charge is 0.394 e. The Hall–Kier alpha value is -1.41. The summed E-state index contributed by atoms with van der Waals surface area (Å²) in [5.74, 6) is 0.0879. The van der Waals surface area contributed by atoms with Crippen molar-refractivity contribution in [2.45, 2.75) is 18.4 Å². The molecule has 0 saturated carbocycles. The highest BCUT2D eigenvalue weighted by atomic mass is 35.5. The average Bonchev–Trinajstić information content (AvgIpc) is 2.65. The Morgan fingerprint density at radius 1 is 1.67 bits per heavy atom. The number of aromatic nitrogens is 2. The van der Waals surface area contributed by atoms with E-state index in [1.807, 2.05) is 0 Å². The van der Waals surface area contributed by atoms with Crippen molar-refractivity contribution in [2.75, 3.05) is 12.3 Å². The average molecular weight is 274 g/mol. The van der Waals surface area contributed by atoms with Gasteiger partial charge in [-0.2, -0.15) is 4.98 Å². The molecule has 8 heteroatoms. The predicted octanol–water partition coefficient (Wildman–Crippen LogP) is -0.801. The van der Waals surface area contributed by atoms with Gasteiger partial charge >= 0.3 is 5.69 Å². The summed E-state index contributed by atoms with van der Waals surface area (Å²) in [5, 5.41) is 18.9. The summed E-state index contributed by atoms with van der Waals surface area (Å²) in [6, 6.07) is 1.43. The highest BCUT2D eigenvalue weighted by Crippen LogP contribution is 2.33. The highest BCUT2D eigenvalue weighted by molar-refractivity contribution is 6.25. The van der Waals surface area contributed by atoms with E-state index in [4.69, 9.17) is 27.2 Å². The van der Waals surface area contributed by atoms with Gasteiger partial charge in [0.1, 0.15) is 18.0 Å². The van der Waals surface area contributed by atoms with E-state index in [9.17, 15) is 9.90 Å². The fourth-order valence-electron chi connectivity index (χ4n) is 1.77. The molecule has 0 bridgehead atoms. The number of nitrogen functional groups attached to an aromatic ring is 1. The van der Waals surface area contributed by atoms with Crippen LogP contribution in [-0.4, -0.2) is 38.6 Å². The first-order chi connectivity index (χ1) is 8.58. The number of rotatable bonds is 2. The van der Waals surface area contributed by atoms with E-state index in [-0.39, 0.29) is 18.0 Å². The molecule has 1 aromatic rings. The van der Waals surface area contributed by atoms with Gasteiger partial charge in [0.25, 0.3) is 0 Å². The normalized spacial score (nSPS) is 29.9. The molecule has 2 heterocycles. The van der Waals surface area contributed by atoms with Gasteiger partial charge in [0, 0.05) is 17.3 Å². The van der Waals surface area contributed by atoms with Crippen molar-refractivity contribution in [1.82, 2.24) is 9.55 Å². The molecule has 1 aliphatic rings. The van der Waals surface area contributed by atoms with Gasteiger partial charge in [0.15, 0.2) is 6.23 Å². The van der Waals surface area contributed by atoms with E-state index in [1.165, 1.54) is 12.3 Å².